The maximum absolute atomic E-state index is 13.1. The SMILES string of the molecule is CCNc1cc(C(=O)Nc2cc(F)cc(F)c2)cc(Cl)n1. The van der Waals surface area contributed by atoms with E-state index in [1.165, 1.54) is 12.1 Å². The van der Waals surface area contributed by atoms with Crippen LogP contribution in [-0.4, -0.2) is 17.4 Å². The van der Waals surface area contributed by atoms with Gasteiger partial charge in [0.1, 0.15) is 22.6 Å². The minimum Gasteiger partial charge on any atom is -0.370 e. The molecule has 1 aromatic heterocycles. The number of anilines is 2. The van der Waals surface area contributed by atoms with E-state index < -0.39 is 17.5 Å². The molecule has 0 unspecified atom stereocenters. The maximum atomic E-state index is 13.1. The van der Waals surface area contributed by atoms with Crippen molar-refractivity contribution < 1.29 is 13.6 Å². The van der Waals surface area contributed by atoms with Crippen molar-refractivity contribution in [3.8, 4) is 0 Å². The van der Waals surface area contributed by atoms with E-state index in [0.29, 0.717) is 12.4 Å². The van der Waals surface area contributed by atoms with Crippen LogP contribution in [0.4, 0.5) is 20.3 Å². The molecule has 0 spiro atoms. The van der Waals surface area contributed by atoms with Gasteiger partial charge in [0.15, 0.2) is 0 Å². The lowest BCUT2D eigenvalue weighted by Gasteiger charge is -2.08. The molecule has 0 radical (unpaired) electrons. The number of carbonyl (C=O) groups excluding carboxylic acids is 1. The van der Waals surface area contributed by atoms with Gasteiger partial charge < -0.3 is 10.6 Å². The van der Waals surface area contributed by atoms with Crippen LogP contribution in [0.25, 0.3) is 0 Å². The molecule has 1 heterocycles. The monoisotopic (exact) mass is 311 g/mol. The number of pyridine rings is 1. The highest BCUT2D eigenvalue weighted by Gasteiger charge is 2.11. The van der Waals surface area contributed by atoms with Crippen LogP contribution < -0.4 is 10.6 Å². The molecule has 0 aliphatic heterocycles. The Balaban J connectivity index is 2.23. The van der Waals surface area contributed by atoms with Crippen LogP contribution in [0, 0.1) is 11.6 Å². The normalized spacial score (nSPS) is 10.3. The lowest BCUT2D eigenvalue weighted by Crippen LogP contribution is -2.13. The van der Waals surface area contributed by atoms with Gasteiger partial charge >= 0.3 is 0 Å². The predicted molar refractivity (Wildman–Crippen MR) is 77.7 cm³/mol. The van der Waals surface area contributed by atoms with Crippen LogP contribution in [-0.2, 0) is 0 Å². The number of nitrogens with zero attached hydrogens (tertiary/aromatic N) is 1. The number of aromatic nitrogens is 1. The topological polar surface area (TPSA) is 54.0 Å². The Kier molecular flexibility index (Phi) is 4.70. The average Bonchev–Trinajstić information content (AvgIpc) is 2.37. The fourth-order valence-electron chi connectivity index (χ4n) is 1.73. The van der Waals surface area contributed by atoms with Gasteiger partial charge in [-0.25, -0.2) is 13.8 Å². The van der Waals surface area contributed by atoms with Crippen molar-refractivity contribution in [3.63, 3.8) is 0 Å². The number of benzene rings is 1. The second-order valence-corrected chi connectivity index (χ2v) is 4.59. The molecule has 0 bridgehead atoms. The zero-order chi connectivity index (χ0) is 15.4. The van der Waals surface area contributed by atoms with Crippen molar-refractivity contribution >= 4 is 29.0 Å². The molecule has 2 N–H and O–H groups in total. The van der Waals surface area contributed by atoms with Gasteiger partial charge in [0.05, 0.1) is 0 Å². The minimum atomic E-state index is -0.772. The van der Waals surface area contributed by atoms with Crippen molar-refractivity contribution in [1.29, 1.82) is 0 Å². The van der Waals surface area contributed by atoms with E-state index >= 15 is 0 Å². The van der Waals surface area contributed by atoms with Gasteiger partial charge in [0.2, 0.25) is 0 Å². The van der Waals surface area contributed by atoms with Gasteiger partial charge in [0.25, 0.3) is 5.91 Å². The van der Waals surface area contributed by atoms with Crippen LogP contribution in [0.2, 0.25) is 5.15 Å². The number of nitrogens with one attached hydrogen (secondary N) is 2. The molecular formula is C14H12ClF2N3O. The third-order valence-electron chi connectivity index (χ3n) is 2.53. The molecule has 1 aromatic carbocycles. The molecule has 0 saturated carbocycles. The van der Waals surface area contributed by atoms with E-state index in [1.807, 2.05) is 6.92 Å². The molecule has 2 rings (SSSR count). The van der Waals surface area contributed by atoms with Crippen molar-refractivity contribution in [1.82, 2.24) is 4.98 Å². The average molecular weight is 312 g/mol. The third-order valence-corrected chi connectivity index (χ3v) is 2.73. The molecule has 1 amide bonds. The van der Waals surface area contributed by atoms with Crippen LogP contribution in [0.1, 0.15) is 17.3 Å². The number of rotatable bonds is 4. The fourth-order valence-corrected chi connectivity index (χ4v) is 1.94. The summed E-state index contributed by atoms with van der Waals surface area (Å²) in [6.07, 6.45) is 0. The molecule has 7 heteroatoms. The molecule has 0 fully saturated rings. The van der Waals surface area contributed by atoms with E-state index in [4.69, 9.17) is 11.6 Å². The first-order valence-corrected chi connectivity index (χ1v) is 6.54. The van der Waals surface area contributed by atoms with Gasteiger partial charge in [-0.3, -0.25) is 4.79 Å². The first-order valence-electron chi connectivity index (χ1n) is 6.17. The summed E-state index contributed by atoms with van der Waals surface area (Å²) in [5.41, 5.74) is 0.256. The molecule has 0 atom stereocenters. The number of halogens is 3. The lowest BCUT2D eigenvalue weighted by molar-refractivity contribution is 0.102. The Morgan fingerprint density at radius 3 is 2.48 bits per heavy atom. The zero-order valence-corrected chi connectivity index (χ0v) is 11.8. The van der Waals surface area contributed by atoms with Crippen molar-refractivity contribution in [2.24, 2.45) is 0 Å². The largest absolute Gasteiger partial charge is 0.370 e. The summed E-state index contributed by atoms with van der Waals surface area (Å²) in [6.45, 7) is 2.49. The van der Waals surface area contributed by atoms with Crippen molar-refractivity contribution in [2.45, 2.75) is 6.92 Å². The van der Waals surface area contributed by atoms with Crippen molar-refractivity contribution in [3.05, 3.63) is 52.7 Å². The highest BCUT2D eigenvalue weighted by atomic mass is 35.5. The van der Waals surface area contributed by atoms with Gasteiger partial charge in [0, 0.05) is 23.9 Å². The summed E-state index contributed by atoms with van der Waals surface area (Å²) < 4.78 is 26.2. The minimum absolute atomic E-state index is 0.0236. The lowest BCUT2D eigenvalue weighted by atomic mass is 10.2. The molecule has 2 aromatic rings. The van der Waals surface area contributed by atoms with Crippen LogP contribution in [0.3, 0.4) is 0 Å². The molecule has 110 valence electrons. The predicted octanol–water partition coefficient (Wildman–Crippen LogP) is 3.70. The van der Waals surface area contributed by atoms with E-state index in [1.54, 1.807) is 0 Å². The molecule has 21 heavy (non-hydrogen) atoms. The zero-order valence-electron chi connectivity index (χ0n) is 11.1. The second-order valence-electron chi connectivity index (χ2n) is 4.21. The van der Waals surface area contributed by atoms with Crippen LogP contribution in [0.15, 0.2) is 30.3 Å². The Hall–Kier alpha value is -2.21. The molecule has 4 nitrogen and oxygen atoms in total. The summed E-state index contributed by atoms with van der Waals surface area (Å²) in [7, 11) is 0. The van der Waals surface area contributed by atoms with Gasteiger partial charge in [-0.15, -0.1) is 0 Å². The van der Waals surface area contributed by atoms with Crippen LogP contribution in [0.5, 0.6) is 0 Å². The van der Waals surface area contributed by atoms with Gasteiger partial charge in [-0.05, 0) is 31.2 Å². The van der Waals surface area contributed by atoms with E-state index in [9.17, 15) is 13.6 Å². The Morgan fingerprint density at radius 2 is 1.86 bits per heavy atom. The molecule has 0 saturated heterocycles. The smallest absolute Gasteiger partial charge is 0.255 e. The summed E-state index contributed by atoms with van der Waals surface area (Å²) >= 11 is 5.83. The summed E-state index contributed by atoms with van der Waals surface area (Å²) in [6, 6.07) is 5.64. The summed E-state index contributed by atoms with van der Waals surface area (Å²) in [4.78, 5) is 16.1. The van der Waals surface area contributed by atoms with Gasteiger partial charge in [-0.2, -0.15) is 0 Å². The number of hydrogen-bond acceptors (Lipinski definition) is 3. The first-order chi connectivity index (χ1) is 9.97. The fraction of sp³-hybridized carbons (Fsp3) is 0.143. The highest BCUT2D eigenvalue weighted by molar-refractivity contribution is 6.30. The Morgan fingerprint density at radius 1 is 1.19 bits per heavy atom. The number of hydrogen-bond donors (Lipinski definition) is 2. The quantitative estimate of drug-likeness (QED) is 0.847. The highest BCUT2D eigenvalue weighted by Crippen LogP contribution is 2.18. The van der Waals surface area contributed by atoms with Crippen LogP contribution >= 0.6 is 11.6 Å². The third kappa shape index (κ3) is 4.13. The molecule has 0 aliphatic rings. The van der Waals surface area contributed by atoms with Gasteiger partial charge in [-0.1, -0.05) is 11.6 Å². The van der Waals surface area contributed by atoms with E-state index in [-0.39, 0.29) is 16.4 Å². The first kappa shape index (κ1) is 15.2. The molecular weight excluding hydrogens is 300 g/mol. The second kappa shape index (κ2) is 6.49. The van der Waals surface area contributed by atoms with E-state index in [0.717, 1.165) is 18.2 Å². The summed E-state index contributed by atoms with van der Waals surface area (Å²) in [5, 5.41) is 5.48. The van der Waals surface area contributed by atoms with Crippen molar-refractivity contribution in [2.75, 3.05) is 17.2 Å². The summed E-state index contributed by atoms with van der Waals surface area (Å²) in [5.74, 6) is -1.64. The number of carbonyl (C=O) groups is 1. The number of amides is 1. The van der Waals surface area contributed by atoms with E-state index in [2.05, 4.69) is 15.6 Å². The Bertz CT molecular complexity index is 659. The molecule has 0 aliphatic carbocycles. The Labute approximate surface area is 125 Å². The maximum Gasteiger partial charge on any atom is 0.255 e. The standard InChI is InChI=1S/C14H12ClF2N3O/c1-2-18-13-4-8(3-12(15)20-13)14(21)19-11-6-9(16)5-10(17)7-11/h3-7H,2H2,1H3,(H,18,20)(H,19,21).